The standard InChI is InChI=1S/C9H17NO4/c1-6(5-14-3)4-10-8(11)7(2)9(12)13/h6-7H,4-5H2,1-3H3,(H,10,11)(H,12,13). The normalized spacial score (nSPS) is 14.5. The summed E-state index contributed by atoms with van der Waals surface area (Å²) in [6, 6.07) is 0. The lowest BCUT2D eigenvalue weighted by molar-refractivity contribution is -0.146. The predicted octanol–water partition coefficient (Wildman–Crippen LogP) is 0.106. The summed E-state index contributed by atoms with van der Waals surface area (Å²) in [7, 11) is 1.58. The maximum Gasteiger partial charge on any atom is 0.315 e. The third kappa shape index (κ3) is 4.81. The molecule has 0 saturated carbocycles. The second kappa shape index (κ2) is 6.37. The van der Waals surface area contributed by atoms with Crippen LogP contribution in [0, 0.1) is 11.8 Å². The maximum absolute atomic E-state index is 11.2. The Hall–Kier alpha value is -1.10. The van der Waals surface area contributed by atoms with Crippen molar-refractivity contribution in [2.24, 2.45) is 11.8 Å². The van der Waals surface area contributed by atoms with E-state index in [2.05, 4.69) is 5.32 Å². The minimum Gasteiger partial charge on any atom is -0.481 e. The highest BCUT2D eigenvalue weighted by Crippen LogP contribution is 1.97. The van der Waals surface area contributed by atoms with E-state index in [0.717, 1.165) is 0 Å². The molecule has 14 heavy (non-hydrogen) atoms. The van der Waals surface area contributed by atoms with Crippen molar-refractivity contribution in [2.75, 3.05) is 20.3 Å². The molecule has 0 aromatic rings. The van der Waals surface area contributed by atoms with Crippen LogP contribution in [-0.4, -0.2) is 37.2 Å². The molecule has 0 aromatic heterocycles. The summed E-state index contributed by atoms with van der Waals surface area (Å²) >= 11 is 0. The van der Waals surface area contributed by atoms with Crippen LogP contribution >= 0.6 is 0 Å². The van der Waals surface area contributed by atoms with Gasteiger partial charge in [0.1, 0.15) is 5.92 Å². The van der Waals surface area contributed by atoms with Crippen LogP contribution in [0.4, 0.5) is 0 Å². The average molecular weight is 203 g/mol. The Morgan fingerprint density at radius 2 is 2.00 bits per heavy atom. The number of ether oxygens (including phenoxy) is 1. The first kappa shape index (κ1) is 12.9. The first-order valence-electron chi connectivity index (χ1n) is 4.48. The zero-order chi connectivity index (χ0) is 11.1. The first-order valence-corrected chi connectivity index (χ1v) is 4.48. The number of hydrogen-bond donors (Lipinski definition) is 2. The van der Waals surface area contributed by atoms with Crippen molar-refractivity contribution in [1.82, 2.24) is 5.32 Å². The minimum absolute atomic E-state index is 0.185. The van der Waals surface area contributed by atoms with E-state index in [-0.39, 0.29) is 5.92 Å². The van der Waals surface area contributed by atoms with Gasteiger partial charge in [0.25, 0.3) is 0 Å². The number of aliphatic carboxylic acids is 1. The van der Waals surface area contributed by atoms with E-state index in [4.69, 9.17) is 9.84 Å². The number of nitrogens with one attached hydrogen (secondary N) is 1. The van der Waals surface area contributed by atoms with Crippen molar-refractivity contribution < 1.29 is 19.4 Å². The van der Waals surface area contributed by atoms with Crippen molar-refractivity contribution in [3.05, 3.63) is 0 Å². The van der Waals surface area contributed by atoms with E-state index in [9.17, 15) is 9.59 Å². The maximum atomic E-state index is 11.2. The summed E-state index contributed by atoms with van der Waals surface area (Å²) in [6.45, 7) is 4.25. The molecule has 0 saturated heterocycles. The van der Waals surface area contributed by atoms with Gasteiger partial charge in [0.05, 0.1) is 6.61 Å². The van der Waals surface area contributed by atoms with Crippen molar-refractivity contribution in [3.8, 4) is 0 Å². The van der Waals surface area contributed by atoms with Crippen LogP contribution in [0.15, 0.2) is 0 Å². The molecule has 0 spiro atoms. The van der Waals surface area contributed by atoms with Gasteiger partial charge >= 0.3 is 5.97 Å². The Bertz CT molecular complexity index is 205. The third-order valence-electron chi connectivity index (χ3n) is 1.84. The molecule has 0 heterocycles. The van der Waals surface area contributed by atoms with E-state index in [0.29, 0.717) is 13.2 Å². The molecule has 0 aromatic carbocycles. The molecule has 0 aliphatic carbocycles. The number of carboxylic acids is 1. The molecule has 0 fully saturated rings. The highest BCUT2D eigenvalue weighted by Gasteiger charge is 2.20. The SMILES string of the molecule is COCC(C)CNC(=O)C(C)C(=O)O. The zero-order valence-corrected chi connectivity index (χ0v) is 8.74. The minimum atomic E-state index is -1.11. The van der Waals surface area contributed by atoms with Gasteiger partial charge in [0, 0.05) is 13.7 Å². The molecule has 0 aliphatic heterocycles. The van der Waals surface area contributed by atoms with Gasteiger partial charge in [-0.3, -0.25) is 9.59 Å². The average Bonchev–Trinajstić information content (AvgIpc) is 2.13. The lowest BCUT2D eigenvalue weighted by atomic mass is 10.1. The van der Waals surface area contributed by atoms with Crippen LogP contribution in [0.2, 0.25) is 0 Å². The number of carboxylic acid groups (broad SMARTS) is 1. The van der Waals surface area contributed by atoms with Gasteiger partial charge in [-0.15, -0.1) is 0 Å². The lowest BCUT2D eigenvalue weighted by Crippen LogP contribution is -2.36. The van der Waals surface area contributed by atoms with Crippen molar-refractivity contribution >= 4 is 11.9 Å². The summed E-state index contributed by atoms with van der Waals surface area (Å²) < 4.78 is 4.88. The van der Waals surface area contributed by atoms with Gasteiger partial charge in [0.2, 0.25) is 5.91 Å². The van der Waals surface area contributed by atoms with E-state index >= 15 is 0 Å². The Morgan fingerprint density at radius 3 is 2.43 bits per heavy atom. The fourth-order valence-corrected chi connectivity index (χ4v) is 0.884. The molecule has 82 valence electrons. The van der Waals surface area contributed by atoms with Gasteiger partial charge in [-0.05, 0) is 12.8 Å². The number of amides is 1. The zero-order valence-electron chi connectivity index (χ0n) is 8.74. The predicted molar refractivity (Wildman–Crippen MR) is 50.8 cm³/mol. The highest BCUT2D eigenvalue weighted by atomic mass is 16.5. The summed E-state index contributed by atoms with van der Waals surface area (Å²) in [4.78, 5) is 21.6. The molecule has 1 amide bonds. The number of carbonyl (C=O) groups excluding carboxylic acids is 1. The lowest BCUT2D eigenvalue weighted by Gasteiger charge is -2.12. The Kier molecular flexibility index (Phi) is 5.87. The van der Waals surface area contributed by atoms with E-state index in [1.807, 2.05) is 6.92 Å². The third-order valence-corrected chi connectivity index (χ3v) is 1.84. The molecule has 0 rings (SSSR count). The van der Waals surface area contributed by atoms with Gasteiger partial charge in [0.15, 0.2) is 0 Å². The van der Waals surface area contributed by atoms with Gasteiger partial charge in [-0.1, -0.05) is 6.92 Å². The summed E-state index contributed by atoms with van der Waals surface area (Å²) in [5, 5.41) is 11.1. The van der Waals surface area contributed by atoms with E-state index in [1.54, 1.807) is 7.11 Å². The van der Waals surface area contributed by atoms with Crippen molar-refractivity contribution in [1.29, 1.82) is 0 Å². The molecule has 2 unspecified atom stereocenters. The quantitative estimate of drug-likeness (QED) is 0.600. The molecule has 5 heteroatoms. The summed E-state index contributed by atoms with van der Waals surface area (Å²) in [5.74, 6) is -2.38. The molecular formula is C9H17NO4. The Morgan fingerprint density at radius 1 is 1.43 bits per heavy atom. The highest BCUT2D eigenvalue weighted by molar-refractivity contribution is 5.96. The van der Waals surface area contributed by atoms with E-state index < -0.39 is 17.8 Å². The first-order chi connectivity index (χ1) is 6.49. The fourth-order valence-electron chi connectivity index (χ4n) is 0.884. The summed E-state index contributed by atoms with van der Waals surface area (Å²) in [5.41, 5.74) is 0. The molecule has 2 N–H and O–H groups in total. The topological polar surface area (TPSA) is 75.6 Å². The monoisotopic (exact) mass is 203 g/mol. The Labute approximate surface area is 83.4 Å². The molecular weight excluding hydrogens is 186 g/mol. The van der Waals surface area contributed by atoms with Crippen LogP contribution < -0.4 is 5.32 Å². The van der Waals surface area contributed by atoms with Gasteiger partial charge in [-0.25, -0.2) is 0 Å². The van der Waals surface area contributed by atoms with Crippen LogP contribution in [0.5, 0.6) is 0 Å². The van der Waals surface area contributed by atoms with Crippen molar-refractivity contribution in [2.45, 2.75) is 13.8 Å². The number of methoxy groups -OCH3 is 1. The second-order valence-electron chi connectivity index (χ2n) is 3.37. The van der Waals surface area contributed by atoms with Gasteiger partial charge in [-0.2, -0.15) is 0 Å². The second-order valence-corrected chi connectivity index (χ2v) is 3.37. The van der Waals surface area contributed by atoms with Crippen LogP contribution in [0.1, 0.15) is 13.8 Å². The molecule has 2 atom stereocenters. The molecule has 0 radical (unpaired) electrons. The molecule has 0 bridgehead atoms. The van der Waals surface area contributed by atoms with E-state index in [1.165, 1.54) is 6.92 Å². The number of rotatable bonds is 6. The van der Waals surface area contributed by atoms with Crippen LogP contribution in [-0.2, 0) is 14.3 Å². The van der Waals surface area contributed by atoms with Crippen LogP contribution in [0.25, 0.3) is 0 Å². The number of carbonyl (C=O) groups is 2. The molecule has 0 aliphatic rings. The smallest absolute Gasteiger partial charge is 0.315 e. The Balaban J connectivity index is 3.79. The van der Waals surface area contributed by atoms with Crippen molar-refractivity contribution in [3.63, 3.8) is 0 Å². The fraction of sp³-hybridized carbons (Fsp3) is 0.778. The van der Waals surface area contributed by atoms with Crippen LogP contribution in [0.3, 0.4) is 0 Å². The number of hydrogen-bond acceptors (Lipinski definition) is 3. The largest absolute Gasteiger partial charge is 0.481 e. The summed E-state index contributed by atoms with van der Waals surface area (Å²) in [6.07, 6.45) is 0. The van der Waals surface area contributed by atoms with Gasteiger partial charge < -0.3 is 15.2 Å². The molecule has 5 nitrogen and oxygen atoms in total.